The van der Waals surface area contributed by atoms with E-state index in [9.17, 15) is 0 Å². The Morgan fingerprint density at radius 3 is 1.57 bits per heavy atom. The number of alkyl halides is 1. The van der Waals surface area contributed by atoms with E-state index in [-0.39, 0.29) is 5.60 Å². The third-order valence-corrected chi connectivity index (χ3v) is 6.36. The van der Waals surface area contributed by atoms with Crippen molar-refractivity contribution >= 4 is 33.1 Å². The number of hydrogen-bond acceptors (Lipinski definition) is 1. The molecule has 0 aromatic heterocycles. The molecule has 0 fully saturated rings. The van der Waals surface area contributed by atoms with Crippen LogP contribution in [0.3, 0.4) is 0 Å². The van der Waals surface area contributed by atoms with Crippen molar-refractivity contribution in [3.63, 3.8) is 0 Å². The third kappa shape index (κ3) is 5.24. The van der Waals surface area contributed by atoms with Crippen LogP contribution in [0.5, 0.6) is 0 Å². The minimum atomic E-state index is 0.0401. The first-order valence-corrected chi connectivity index (χ1v) is 9.81. The van der Waals surface area contributed by atoms with Gasteiger partial charge in [0.05, 0.1) is 5.60 Å². The summed E-state index contributed by atoms with van der Waals surface area (Å²) in [7, 11) is 0.804. The summed E-state index contributed by atoms with van der Waals surface area (Å²) in [5.41, 5.74) is 2.86. The van der Waals surface area contributed by atoms with Crippen LogP contribution in [0, 0.1) is 0 Å². The highest BCUT2D eigenvalue weighted by Crippen LogP contribution is 2.27. The number of benzene rings is 2. The molecule has 0 aliphatic rings. The number of hydrogen-bond donors (Lipinski definition) is 0. The van der Waals surface area contributed by atoms with E-state index in [4.69, 9.17) is 4.43 Å². The van der Waals surface area contributed by atoms with Crippen LogP contribution in [0.25, 0.3) is 0 Å². The monoisotopic (exact) mass is 410 g/mol. The average Bonchev–Trinajstić information content (AvgIpc) is 2.58. The van der Waals surface area contributed by atoms with Gasteiger partial charge in [-0.2, -0.15) is 0 Å². The molecule has 3 heteroatoms. The van der Waals surface area contributed by atoms with E-state index in [2.05, 4.69) is 83.3 Å². The second kappa shape index (κ2) is 8.71. The van der Waals surface area contributed by atoms with Gasteiger partial charge in [0.25, 0.3) is 0 Å². The Bertz CT molecular complexity index is 466. The Kier molecular flexibility index (Phi) is 6.93. The van der Waals surface area contributed by atoms with Crippen LogP contribution in [0.2, 0.25) is 0 Å². The van der Waals surface area contributed by atoms with Gasteiger partial charge < -0.3 is 4.43 Å². The van der Waals surface area contributed by atoms with Crippen molar-refractivity contribution < 1.29 is 4.43 Å². The predicted octanol–water partition coefficient (Wildman–Crippen LogP) is 3.72. The zero-order valence-electron chi connectivity index (χ0n) is 12.6. The molecule has 0 saturated heterocycles. The first-order valence-electron chi connectivity index (χ1n) is 7.47. The Hall–Kier alpha value is -0.653. The molecule has 0 aliphatic carbocycles. The average molecular weight is 410 g/mol. The molecule has 0 amide bonds. The number of halogens is 1. The molecular formula is C18H23IOSi. The molecular weight excluding hydrogens is 387 g/mol. The van der Waals surface area contributed by atoms with Crippen molar-refractivity contribution in [1.82, 2.24) is 0 Å². The van der Waals surface area contributed by atoms with Gasteiger partial charge >= 0.3 is 0 Å². The van der Waals surface area contributed by atoms with E-state index in [1.165, 1.54) is 11.1 Å². The van der Waals surface area contributed by atoms with E-state index >= 15 is 0 Å². The molecule has 0 atom stereocenters. The highest BCUT2D eigenvalue weighted by molar-refractivity contribution is 14.1. The topological polar surface area (TPSA) is 9.23 Å². The molecule has 2 rings (SSSR count). The summed E-state index contributed by atoms with van der Waals surface area (Å²) in [5, 5.41) is 0. The van der Waals surface area contributed by atoms with Crippen molar-refractivity contribution in [3.8, 4) is 0 Å². The summed E-state index contributed by atoms with van der Waals surface area (Å²) in [6.45, 7) is 0. The highest BCUT2D eigenvalue weighted by atomic mass is 127. The van der Waals surface area contributed by atoms with Crippen LogP contribution in [0.4, 0.5) is 0 Å². The van der Waals surface area contributed by atoms with Gasteiger partial charge in [-0.3, -0.25) is 0 Å². The fraction of sp³-hybridized carbons (Fsp3) is 0.333. The summed E-state index contributed by atoms with van der Waals surface area (Å²) in [6, 6.07) is 21.5. The number of rotatable bonds is 8. The van der Waals surface area contributed by atoms with E-state index in [1.807, 2.05) is 0 Å². The van der Waals surface area contributed by atoms with Gasteiger partial charge in [-0.05, 0) is 36.8 Å². The first kappa shape index (κ1) is 16.7. The van der Waals surface area contributed by atoms with Gasteiger partial charge in [0.15, 0.2) is 0 Å². The van der Waals surface area contributed by atoms with Crippen molar-refractivity contribution in [2.75, 3.05) is 4.43 Å². The Morgan fingerprint density at radius 2 is 1.24 bits per heavy atom. The minimum absolute atomic E-state index is 0.0401. The maximum Gasteiger partial charge on any atom is 0.146 e. The second-order valence-electron chi connectivity index (χ2n) is 5.49. The van der Waals surface area contributed by atoms with Gasteiger partial charge in [-0.15, -0.1) is 0 Å². The van der Waals surface area contributed by atoms with E-state index in [1.54, 1.807) is 0 Å². The Balaban J connectivity index is 1.95. The van der Waals surface area contributed by atoms with Gasteiger partial charge in [-0.25, -0.2) is 0 Å². The van der Waals surface area contributed by atoms with Crippen LogP contribution in [-0.4, -0.2) is 20.5 Å². The lowest BCUT2D eigenvalue weighted by Crippen LogP contribution is -2.35. The molecule has 0 unspecified atom stereocenters. The molecule has 0 heterocycles. The molecule has 0 bridgehead atoms. The van der Waals surface area contributed by atoms with Gasteiger partial charge in [-0.1, -0.05) is 83.3 Å². The molecule has 2 aromatic rings. The largest absolute Gasteiger partial charge is 0.422 e. The van der Waals surface area contributed by atoms with Gasteiger partial charge in [0, 0.05) is 4.43 Å². The first-order chi connectivity index (χ1) is 10.3. The fourth-order valence-corrected chi connectivity index (χ4v) is 4.77. The quantitative estimate of drug-likeness (QED) is 0.366. The molecule has 0 saturated carbocycles. The van der Waals surface area contributed by atoms with E-state index < -0.39 is 0 Å². The summed E-state index contributed by atoms with van der Waals surface area (Å²) >= 11 is 2.48. The number of aryl methyl sites for hydroxylation is 2. The molecule has 0 spiro atoms. The Labute approximate surface area is 144 Å². The minimum Gasteiger partial charge on any atom is -0.422 e. The van der Waals surface area contributed by atoms with Crippen molar-refractivity contribution in [1.29, 1.82) is 0 Å². The molecule has 112 valence electrons. The summed E-state index contributed by atoms with van der Waals surface area (Å²) in [6.07, 6.45) is 4.41. The molecule has 0 N–H and O–H groups in total. The van der Waals surface area contributed by atoms with Crippen LogP contribution >= 0.6 is 22.6 Å². The Morgan fingerprint density at radius 1 is 0.810 bits per heavy atom. The van der Waals surface area contributed by atoms with E-state index in [0.717, 1.165) is 40.6 Å². The van der Waals surface area contributed by atoms with Gasteiger partial charge in [0.2, 0.25) is 0 Å². The fourth-order valence-electron chi connectivity index (χ4n) is 2.55. The standard InChI is InChI=1S/C18H23IOSi/c19-15-18(20-21,13-11-16-7-3-1-4-8-16)14-12-17-9-5-2-6-10-17/h1-10H,11-15H2,21H3. The maximum atomic E-state index is 6.06. The zero-order chi connectivity index (χ0) is 15.0. The zero-order valence-corrected chi connectivity index (χ0v) is 16.8. The third-order valence-electron chi connectivity index (χ3n) is 4.10. The summed E-state index contributed by atoms with van der Waals surface area (Å²) in [4.78, 5) is 0. The lowest BCUT2D eigenvalue weighted by atomic mass is 9.90. The highest BCUT2D eigenvalue weighted by Gasteiger charge is 2.27. The van der Waals surface area contributed by atoms with Crippen LogP contribution in [-0.2, 0) is 17.3 Å². The molecule has 2 aromatic carbocycles. The van der Waals surface area contributed by atoms with Crippen LogP contribution < -0.4 is 0 Å². The SMILES string of the molecule is [SiH3]OC(CI)(CCc1ccccc1)CCc1ccccc1. The van der Waals surface area contributed by atoms with Crippen molar-refractivity contribution in [2.45, 2.75) is 31.3 Å². The van der Waals surface area contributed by atoms with Crippen molar-refractivity contribution in [2.24, 2.45) is 0 Å². The van der Waals surface area contributed by atoms with Crippen LogP contribution in [0.15, 0.2) is 60.7 Å². The summed E-state index contributed by atoms with van der Waals surface area (Å²) in [5.74, 6) is 0. The molecule has 21 heavy (non-hydrogen) atoms. The molecule has 0 aliphatic heterocycles. The summed E-state index contributed by atoms with van der Waals surface area (Å²) < 4.78 is 7.13. The normalized spacial score (nSPS) is 11.7. The maximum absolute atomic E-state index is 6.06. The molecule has 1 nitrogen and oxygen atoms in total. The van der Waals surface area contributed by atoms with Crippen LogP contribution in [0.1, 0.15) is 24.0 Å². The predicted molar refractivity (Wildman–Crippen MR) is 102 cm³/mol. The van der Waals surface area contributed by atoms with Gasteiger partial charge in [0.1, 0.15) is 10.5 Å². The van der Waals surface area contributed by atoms with Crippen molar-refractivity contribution in [3.05, 3.63) is 71.8 Å². The lowest BCUT2D eigenvalue weighted by Gasteiger charge is -2.32. The second-order valence-corrected chi connectivity index (χ2v) is 6.66. The smallest absolute Gasteiger partial charge is 0.146 e. The van der Waals surface area contributed by atoms with E-state index in [0.29, 0.717) is 0 Å². The lowest BCUT2D eigenvalue weighted by molar-refractivity contribution is 0.0900. The molecule has 0 radical (unpaired) electrons.